The first-order chi connectivity index (χ1) is 17.5. The second-order valence-electron chi connectivity index (χ2n) is 8.40. The number of nitrogens with zero attached hydrogens (tertiary/aromatic N) is 2. The van der Waals surface area contributed by atoms with Gasteiger partial charge in [-0.05, 0) is 68.8 Å². The summed E-state index contributed by atoms with van der Waals surface area (Å²) in [5, 5.41) is 4.17. The molecule has 1 atom stereocenters. The molecule has 1 aliphatic rings. The number of aryl methyl sites for hydroxylation is 1. The molecule has 36 heavy (non-hydrogen) atoms. The molecule has 0 aliphatic carbocycles. The molecule has 1 unspecified atom stereocenters. The molecule has 2 aromatic heterocycles. The van der Waals surface area contributed by atoms with E-state index >= 15 is 0 Å². The van der Waals surface area contributed by atoms with Gasteiger partial charge < -0.3 is 24.1 Å². The van der Waals surface area contributed by atoms with Crippen molar-refractivity contribution in [2.45, 2.75) is 59.8 Å². The molecule has 3 aromatic rings. The lowest BCUT2D eigenvalue weighted by Crippen LogP contribution is -2.26. The molecule has 1 aromatic carbocycles. The average molecular weight is 496 g/mol. The van der Waals surface area contributed by atoms with E-state index in [-0.39, 0.29) is 18.3 Å². The molecule has 1 aliphatic heterocycles. The van der Waals surface area contributed by atoms with Gasteiger partial charge in [0.05, 0.1) is 41.7 Å². The van der Waals surface area contributed by atoms with Crippen LogP contribution in [0.1, 0.15) is 62.5 Å². The molecule has 0 saturated heterocycles. The highest BCUT2D eigenvalue weighted by molar-refractivity contribution is 5.89. The number of carbonyl (C=O) groups is 1. The summed E-state index contributed by atoms with van der Waals surface area (Å²) >= 11 is 0. The molecular weight excluding hydrogens is 458 g/mol. The predicted octanol–water partition coefficient (Wildman–Crippen LogP) is 4.38. The lowest BCUT2D eigenvalue weighted by atomic mass is 9.98. The fourth-order valence-electron chi connectivity index (χ4n) is 4.63. The number of pyridine rings is 2. The molecule has 0 spiro atoms. The minimum atomic E-state index is -0.332. The highest BCUT2D eigenvalue weighted by Crippen LogP contribution is 2.38. The van der Waals surface area contributed by atoms with Gasteiger partial charge in [-0.25, -0.2) is 4.98 Å². The summed E-state index contributed by atoms with van der Waals surface area (Å²) in [5.74, 6) is 0.817. The standard InChI is InChI=1S/C26H31N3O5.C2H6/c1-5-18-20-11-17(34-10-6-9-27-3)7-8-23(20)28-25-21(18)13-29-24(25)12-19(16(2)32-4)22(26(29)31)14-33-15-30;1-2/h7-8,11-12,15-16,27H,5-6,9-10,13-14H2,1-4H3;1-2H3. The minimum absolute atomic E-state index is 0.0910. The van der Waals surface area contributed by atoms with E-state index in [1.165, 1.54) is 0 Å². The van der Waals surface area contributed by atoms with Crippen LogP contribution in [-0.2, 0) is 33.8 Å². The largest absolute Gasteiger partial charge is 0.494 e. The number of hydrogen-bond acceptors (Lipinski definition) is 7. The SMILES string of the molecule is CC.CCc1c2c(nc3ccc(OCCCNC)cc13)-c1cc(C(C)OC)c(COC=O)c(=O)n1C2. The van der Waals surface area contributed by atoms with Gasteiger partial charge in [-0.1, -0.05) is 20.8 Å². The first kappa shape index (κ1) is 27.4. The van der Waals surface area contributed by atoms with Crippen LogP contribution in [0.4, 0.5) is 0 Å². The maximum atomic E-state index is 13.5. The molecule has 3 heterocycles. The zero-order chi connectivity index (χ0) is 26.2. The Bertz CT molecular complexity index is 1270. The van der Waals surface area contributed by atoms with Crippen LogP contribution in [0, 0.1) is 0 Å². The zero-order valence-electron chi connectivity index (χ0n) is 22.1. The Labute approximate surface area is 212 Å². The number of benzene rings is 1. The van der Waals surface area contributed by atoms with E-state index in [2.05, 4.69) is 12.2 Å². The average Bonchev–Trinajstić information content (AvgIpc) is 3.28. The van der Waals surface area contributed by atoms with Gasteiger partial charge in [0.2, 0.25) is 0 Å². The Morgan fingerprint density at radius 1 is 1.22 bits per heavy atom. The van der Waals surface area contributed by atoms with Crippen LogP contribution in [-0.4, -0.2) is 43.3 Å². The summed E-state index contributed by atoms with van der Waals surface area (Å²) in [4.78, 5) is 29.2. The van der Waals surface area contributed by atoms with E-state index in [1.807, 2.05) is 52.1 Å². The van der Waals surface area contributed by atoms with Crippen molar-refractivity contribution in [3.63, 3.8) is 0 Å². The fraction of sp³-hybridized carbons (Fsp3) is 0.464. The Hall–Kier alpha value is -3.23. The van der Waals surface area contributed by atoms with Gasteiger partial charge in [0.15, 0.2) is 0 Å². The highest BCUT2D eigenvalue weighted by atomic mass is 16.5. The van der Waals surface area contributed by atoms with Gasteiger partial charge in [0, 0.05) is 18.1 Å². The van der Waals surface area contributed by atoms with E-state index in [4.69, 9.17) is 19.2 Å². The summed E-state index contributed by atoms with van der Waals surface area (Å²) in [6, 6.07) is 7.92. The predicted molar refractivity (Wildman–Crippen MR) is 142 cm³/mol. The number of rotatable bonds is 11. The van der Waals surface area contributed by atoms with Crippen LogP contribution < -0.4 is 15.6 Å². The normalized spacial score (nSPS) is 12.4. The second kappa shape index (κ2) is 12.6. The molecule has 194 valence electrons. The molecule has 8 heteroatoms. The van der Waals surface area contributed by atoms with Crippen molar-refractivity contribution in [3.05, 3.63) is 56.9 Å². The van der Waals surface area contributed by atoms with Crippen LogP contribution in [0.5, 0.6) is 5.75 Å². The summed E-state index contributed by atoms with van der Waals surface area (Å²) in [6.07, 6.45) is 1.39. The van der Waals surface area contributed by atoms with E-state index in [0.717, 1.165) is 58.6 Å². The van der Waals surface area contributed by atoms with E-state index < -0.39 is 0 Å². The quantitative estimate of drug-likeness (QED) is 0.244. The van der Waals surface area contributed by atoms with Gasteiger partial charge >= 0.3 is 0 Å². The smallest absolute Gasteiger partial charge is 0.293 e. The van der Waals surface area contributed by atoms with Crippen LogP contribution >= 0.6 is 0 Å². The number of fused-ring (bicyclic) bond motifs is 4. The van der Waals surface area contributed by atoms with E-state index in [0.29, 0.717) is 30.8 Å². The van der Waals surface area contributed by atoms with Crippen molar-refractivity contribution >= 4 is 17.4 Å². The van der Waals surface area contributed by atoms with Crippen LogP contribution in [0.3, 0.4) is 0 Å². The number of methoxy groups -OCH3 is 1. The van der Waals surface area contributed by atoms with Crippen LogP contribution in [0.15, 0.2) is 29.1 Å². The Morgan fingerprint density at radius 3 is 2.67 bits per heavy atom. The molecule has 1 N–H and O–H groups in total. The first-order valence-corrected chi connectivity index (χ1v) is 12.6. The Balaban J connectivity index is 0.00000176. The third-order valence-corrected chi connectivity index (χ3v) is 6.45. The van der Waals surface area contributed by atoms with Crippen molar-refractivity contribution in [3.8, 4) is 17.1 Å². The highest BCUT2D eigenvalue weighted by Gasteiger charge is 2.29. The second-order valence-corrected chi connectivity index (χ2v) is 8.40. The van der Waals surface area contributed by atoms with Crippen molar-refractivity contribution in [2.24, 2.45) is 0 Å². The molecule has 0 fully saturated rings. The lowest BCUT2D eigenvalue weighted by molar-refractivity contribution is -0.129. The topological polar surface area (TPSA) is 91.7 Å². The van der Waals surface area contributed by atoms with Gasteiger partial charge in [-0.15, -0.1) is 0 Å². The summed E-state index contributed by atoms with van der Waals surface area (Å²) in [5.41, 5.74) is 5.61. The molecule has 4 rings (SSSR count). The molecule has 8 nitrogen and oxygen atoms in total. The molecule has 0 radical (unpaired) electrons. The number of aromatic nitrogens is 2. The third kappa shape index (κ3) is 5.29. The first-order valence-electron chi connectivity index (χ1n) is 12.6. The van der Waals surface area contributed by atoms with Crippen molar-refractivity contribution < 1.29 is 19.0 Å². The molecule has 0 amide bonds. The summed E-state index contributed by atoms with van der Waals surface area (Å²) in [6.45, 7) is 10.2. The van der Waals surface area contributed by atoms with Gasteiger partial charge in [0.25, 0.3) is 12.0 Å². The van der Waals surface area contributed by atoms with Crippen molar-refractivity contribution in [1.29, 1.82) is 0 Å². The minimum Gasteiger partial charge on any atom is -0.494 e. The number of ether oxygens (including phenoxy) is 3. The van der Waals surface area contributed by atoms with E-state index in [1.54, 1.807) is 11.7 Å². The third-order valence-electron chi connectivity index (χ3n) is 6.45. The molecule has 0 saturated carbocycles. The monoisotopic (exact) mass is 495 g/mol. The summed E-state index contributed by atoms with van der Waals surface area (Å²) in [7, 11) is 3.52. The number of nitrogens with one attached hydrogen (secondary N) is 1. The Kier molecular flexibility index (Phi) is 9.61. The lowest BCUT2D eigenvalue weighted by Gasteiger charge is -2.17. The summed E-state index contributed by atoms with van der Waals surface area (Å²) < 4.78 is 18.1. The number of carbonyl (C=O) groups excluding carboxylic acids is 1. The van der Waals surface area contributed by atoms with Gasteiger partial charge in [-0.2, -0.15) is 0 Å². The number of hydrogen-bond donors (Lipinski definition) is 1. The molecular formula is C28H37N3O5. The zero-order valence-corrected chi connectivity index (χ0v) is 22.1. The van der Waals surface area contributed by atoms with Crippen molar-refractivity contribution in [2.75, 3.05) is 27.3 Å². The fourth-order valence-corrected chi connectivity index (χ4v) is 4.63. The van der Waals surface area contributed by atoms with Crippen molar-refractivity contribution in [1.82, 2.24) is 14.9 Å². The van der Waals surface area contributed by atoms with Gasteiger partial charge in [-0.3, -0.25) is 9.59 Å². The van der Waals surface area contributed by atoms with E-state index in [9.17, 15) is 9.59 Å². The van der Waals surface area contributed by atoms with Crippen LogP contribution in [0.25, 0.3) is 22.3 Å². The maximum Gasteiger partial charge on any atom is 0.293 e. The van der Waals surface area contributed by atoms with Crippen LogP contribution in [0.2, 0.25) is 0 Å². The Morgan fingerprint density at radius 2 is 2.00 bits per heavy atom. The van der Waals surface area contributed by atoms with Gasteiger partial charge in [0.1, 0.15) is 12.4 Å². The maximum absolute atomic E-state index is 13.5. The molecule has 0 bridgehead atoms.